The molecule has 3 rings (SSSR count). The molecule has 5 nitrogen and oxygen atoms in total. The van der Waals surface area contributed by atoms with Gasteiger partial charge in [-0.05, 0) is 54.7 Å². The minimum absolute atomic E-state index is 0.0633. The Morgan fingerprint density at radius 2 is 1.76 bits per heavy atom. The fraction of sp³-hybridized carbons (Fsp3) is 0.519. The van der Waals surface area contributed by atoms with E-state index >= 15 is 0 Å². The zero-order chi connectivity index (χ0) is 24.1. The first-order chi connectivity index (χ1) is 15.6. The molecule has 1 amide bonds. The van der Waals surface area contributed by atoms with Gasteiger partial charge in [0.1, 0.15) is 0 Å². The van der Waals surface area contributed by atoms with Crippen LogP contribution in [-0.4, -0.2) is 37.5 Å². The molecule has 1 heterocycles. The molecule has 0 bridgehead atoms. The SMILES string of the molecule is C[C@H](NC(=O)[C@@H]1CCCN(S(=O)(=O)CCCc2ccccc2)C1)c1ccc(C(C)(C)C)cc1. The number of hydrogen-bond donors (Lipinski definition) is 1. The van der Waals surface area contributed by atoms with Crippen LogP contribution >= 0.6 is 0 Å². The standard InChI is InChI=1S/C27H38N2O3S/c1-21(23-14-16-25(17-15-23)27(2,3)4)28-26(30)24-13-8-18-29(20-24)33(31,32)19-9-12-22-10-6-5-7-11-22/h5-7,10-11,14-17,21,24H,8-9,12-13,18-20H2,1-4H3,(H,28,30)/t21-,24+/m0/s1. The average Bonchev–Trinajstić information content (AvgIpc) is 2.79. The van der Waals surface area contributed by atoms with Crippen molar-refractivity contribution in [2.24, 2.45) is 5.92 Å². The number of nitrogens with one attached hydrogen (secondary N) is 1. The van der Waals surface area contributed by atoms with Crippen molar-refractivity contribution < 1.29 is 13.2 Å². The zero-order valence-corrected chi connectivity index (χ0v) is 21.2. The van der Waals surface area contributed by atoms with Crippen molar-refractivity contribution in [2.45, 2.75) is 64.8 Å². The highest BCUT2D eigenvalue weighted by atomic mass is 32.2. The molecular weight excluding hydrogens is 432 g/mol. The first-order valence-corrected chi connectivity index (χ1v) is 13.6. The topological polar surface area (TPSA) is 66.5 Å². The molecule has 33 heavy (non-hydrogen) atoms. The fourth-order valence-electron chi connectivity index (χ4n) is 4.33. The Morgan fingerprint density at radius 3 is 2.39 bits per heavy atom. The molecule has 1 fully saturated rings. The molecule has 1 aliphatic heterocycles. The Labute approximate surface area is 199 Å². The fourth-order valence-corrected chi connectivity index (χ4v) is 5.91. The second-order valence-electron chi connectivity index (χ2n) is 10.2. The number of amides is 1. The molecule has 6 heteroatoms. The lowest BCUT2D eigenvalue weighted by atomic mass is 9.86. The van der Waals surface area contributed by atoms with Gasteiger partial charge in [0.25, 0.3) is 0 Å². The van der Waals surface area contributed by atoms with Crippen molar-refractivity contribution in [3.8, 4) is 0 Å². The summed E-state index contributed by atoms with van der Waals surface area (Å²) >= 11 is 0. The largest absolute Gasteiger partial charge is 0.349 e. The number of carbonyl (C=O) groups excluding carboxylic acids is 1. The molecular formula is C27H38N2O3S. The molecule has 0 saturated carbocycles. The van der Waals surface area contributed by atoms with Gasteiger partial charge in [-0.15, -0.1) is 0 Å². The van der Waals surface area contributed by atoms with Crippen LogP contribution < -0.4 is 5.32 Å². The van der Waals surface area contributed by atoms with Crippen molar-refractivity contribution in [3.05, 3.63) is 71.3 Å². The summed E-state index contributed by atoms with van der Waals surface area (Å²) in [4.78, 5) is 12.9. The van der Waals surface area contributed by atoms with Crippen LogP contribution in [0, 0.1) is 5.92 Å². The van der Waals surface area contributed by atoms with Crippen molar-refractivity contribution in [2.75, 3.05) is 18.8 Å². The average molecular weight is 471 g/mol. The monoisotopic (exact) mass is 470 g/mol. The molecule has 0 aliphatic carbocycles. The molecule has 1 aliphatic rings. The molecule has 1 saturated heterocycles. The minimum atomic E-state index is -3.37. The number of sulfonamides is 1. The van der Waals surface area contributed by atoms with Crippen LogP contribution in [0.3, 0.4) is 0 Å². The van der Waals surface area contributed by atoms with Gasteiger partial charge in [0.2, 0.25) is 15.9 Å². The van der Waals surface area contributed by atoms with Gasteiger partial charge in [0.15, 0.2) is 0 Å². The van der Waals surface area contributed by atoms with Crippen molar-refractivity contribution in [1.29, 1.82) is 0 Å². The number of aryl methyl sites for hydroxylation is 1. The quantitative estimate of drug-likeness (QED) is 0.601. The van der Waals surface area contributed by atoms with Crippen LogP contribution in [0.1, 0.15) is 69.7 Å². The van der Waals surface area contributed by atoms with Crippen LogP contribution in [0.2, 0.25) is 0 Å². The summed E-state index contributed by atoms with van der Waals surface area (Å²) in [7, 11) is -3.37. The number of nitrogens with zero attached hydrogens (tertiary/aromatic N) is 1. The predicted molar refractivity (Wildman–Crippen MR) is 135 cm³/mol. The lowest BCUT2D eigenvalue weighted by Gasteiger charge is -2.32. The molecule has 0 spiro atoms. The van der Waals surface area contributed by atoms with E-state index in [0.29, 0.717) is 19.4 Å². The number of carbonyl (C=O) groups is 1. The maximum Gasteiger partial charge on any atom is 0.224 e. The van der Waals surface area contributed by atoms with Crippen LogP contribution in [-0.2, 0) is 26.7 Å². The summed E-state index contributed by atoms with van der Waals surface area (Å²) in [6, 6.07) is 18.2. The summed E-state index contributed by atoms with van der Waals surface area (Å²) in [6.07, 6.45) is 2.76. The summed E-state index contributed by atoms with van der Waals surface area (Å²) in [5.74, 6) is -0.252. The number of benzene rings is 2. The van der Waals surface area contributed by atoms with Crippen LogP contribution in [0.5, 0.6) is 0 Å². The lowest BCUT2D eigenvalue weighted by molar-refractivity contribution is -0.126. The molecule has 1 N–H and O–H groups in total. The van der Waals surface area contributed by atoms with Crippen LogP contribution in [0.25, 0.3) is 0 Å². The van der Waals surface area contributed by atoms with E-state index in [1.165, 1.54) is 9.87 Å². The maximum atomic E-state index is 12.9. The summed E-state index contributed by atoms with van der Waals surface area (Å²) in [5.41, 5.74) is 3.54. The van der Waals surface area contributed by atoms with Crippen molar-refractivity contribution in [1.82, 2.24) is 9.62 Å². The molecule has 2 aromatic rings. The van der Waals surface area contributed by atoms with E-state index in [2.05, 4.69) is 50.4 Å². The Morgan fingerprint density at radius 1 is 1.09 bits per heavy atom. The van der Waals surface area contributed by atoms with Gasteiger partial charge in [-0.2, -0.15) is 0 Å². The van der Waals surface area contributed by atoms with E-state index < -0.39 is 10.0 Å². The third-order valence-electron chi connectivity index (χ3n) is 6.49. The molecule has 2 atom stereocenters. The number of hydrogen-bond acceptors (Lipinski definition) is 3. The highest BCUT2D eigenvalue weighted by molar-refractivity contribution is 7.89. The van der Waals surface area contributed by atoms with E-state index in [1.807, 2.05) is 37.3 Å². The summed E-state index contributed by atoms with van der Waals surface area (Å²) < 4.78 is 27.3. The minimum Gasteiger partial charge on any atom is -0.349 e. The Balaban J connectivity index is 1.53. The second kappa shape index (κ2) is 10.8. The van der Waals surface area contributed by atoms with Gasteiger partial charge in [0, 0.05) is 13.1 Å². The summed E-state index contributed by atoms with van der Waals surface area (Å²) in [6.45, 7) is 9.29. The molecule has 0 radical (unpaired) electrons. The van der Waals surface area contributed by atoms with Crippen molar-refractivity contribution in [3.63, 3.8) is 0 Å². The third-order valence-corrected chi connectivity index (χ3v) is 8.42. The van der Waals surface area contributed by atoms with Crippen molar-refractivity contribution >= 4 is 15.9 Å². The molecule has 2 aromatic carbocycles. The normalized spacial score (nSPS) is 18.6. The zero-order valence-electron chi connectivity index (χ0n) is 20.4. The second-order valence-corrected chi connectivity index (χ2v) is 12.3. The highest BCUT2D eigenvalue weighted by Gasteiger charge is 2.32. The Kier molecular flexibility index (Phi) is 8.35. The van der Waals surface area contributed by atoms with Gasteiger partial charge in [0.05, 0.1) is 17.7 Å². The van der Waals surface area contributed by atoms with Crippen LogP contribution in [0.4, 0.5) is 0 Å². The van der Waals surface area contributed by atoms with Gasteiger partial charge >= 0.3 is 0 Å². The Hall–Kier alpha value is -2.18. The molecule has 180 valence electrons. The third kappa shape index (κ3) is 7.15. The van der Waals surface area contributed by atoms with E-state index in [1.54, 1.807) is 0 Å². The van der Waals surface area contributed by atoms with Gasteiger partial charge in [-0.25, -0.2) is 12.7 Å². The van der Waals surface area contributed by atoms with Crippen LogP contribution in [0.15, 0.2) is 54.6 Å². The van der Waals surface area contributed by atoms with Gasteiger partial charge < -0.3 is 5.32 Å². The molecule has 0 aromatic heterocycles. The number of rotatable bonds is 8. The van der Waals surface area contributed by atoms with E-state index in [-0.39, 0.29) is 35.6 Å². The van der Waals surface area contributed by atoms with E-state index in [4.69, 9.17) is 0 Å². The highest BCUT2D eigenvalue weighted by Crippen LogP contribution is 2.25. The van der Waals surface area contributed by atoms with E-state index in [0.717, 1.165) is 24.0 Å². The lowest BCUT2D eigenvalue weighted by Crippen LogP contribution is -2.46. The van der Waals surface area contributed by atoms with Gasteiger partial charge in [-0.1, -0.05) is 75.4 Å². The first-order valence-electron chi connectivity index (χ1n) is 12.0. The van der Waals surface area contributed by atoms with Gasteiger partial charge in [-0.3, -0.25) is 4.79 Å². The number of piperidine rings is 1. The Bertz CT molecular complexity index is 1010. The summed E-state index contributed by atoms with van der Waals surface area (Å²) in [5, 5.41) is 3.10. The van der Waals surface area contributed by atoms with E-state index in [9.17, 15) is 13.2 Å². The molecule has 0 unspecified atom stereocenters. The predicted octanol–water partition coefficient (Wildman–Crippen LogP) is 4.84. The first kappa shape index (κ1) is 25.4. The maximum absolute atomic E-state index is 12.9. The smallest absolute Gasteiger partial charge is 0.224 e.